The molecule has 0 aliphatic carbocycles. The number of carbonyl (C=O) groups is 2. The van der Waals surface area contributed by atoms with Crippen molar-refractivity contribution in [1.82, 2.24) is 15.3 Å². The normalized spacial score (nSPS) is 10.2. The molecule has 2 amide bonds. The first-order chi connectivity index (χ1) is 13.5. The molecule has 0 saturated heterocycles. The fourth-order valence-corrected chi connectivity index (χ4v) is 2.64. The molecule has 0 radical (unpaired) electrons. The Morgan fingerprint density at radius 2 is 1.71 bits per heavy atom. The Labute approximate surface area is 162 Å². The molecule has 0 unspecified atom stereocenters. The Balaban J connectivity index is 1.99. The lowest BCUT2D eigenvalue weighted by molar-refractivity contribution is 0.0962. The number of nitrogens with two attached hydrogens (primary N) is 1. The van der Waals surface area contributed by atoms with Crippen molar-refractivity contribution in [2.45, 2.75) is 6.92 Å². The molecule has 8 heteroatoms. The number of amides is 2. The van der Waals surface area contributed by atoms with Crippen molar-refractivity contribution in [3.05, 3.63) is 71.5 Å². The first kappa shape index (κ1) is 18.8. The summed E-state index contributed by atoms with van der Waals surface area (Å²) in [4.78, 5) is 32.6. The lowest BCUT2D eigenvalue weighted by Gasteiger charge is -2.15. The molecule has 5 N–H and O–H groups in total. The van der Waals surface area contributed by atoms with E-state index >= 15 is 0 Å². The molecule has 2 heterocycles. The van der Waals surface area contributed by atoms with E-state index in [4.69, 9.17) is 5.73 Å². The molecular weight excluding hydrogens is 356 g/mol. The molecule has 0 atom stereocenters. The molecule has 0 aliphatic rings. The van der Waals surface area contributed by atoms with Gasteiger partial charge in [0, 0.05) is 25.0 Å². The van der Waals surface area contributed by atoms with E-state index in [2.05, 4.69) is 25.9 Å². The highest BCUT2D eigenvalue weighted by Gasteiger charge is 2.15. The number of hydrogen-bond donors (Lipinski definition) is 4. The fraction of sp³-hybridized carbons (Fsp3) is 0.100. The van der Waals surface area contributed by atoms with Gasteiger partial charge in [0.15, 0.2) is 0 Å². The zero-order chi connectivity index (χ0) is 20.1. The number of hydrogen-bond acceptors (Lipinski definition) is 6. The van der Waals surface area contributed by atoms with E-state index in [0.717, 1.165) is 5.69 Å². The fourth-order valence-electron chi connectivity index (χ4n) is 2.64. The van der Waals surface area contributed by atoms with Crippen LogP contribution in [0.4, 0.5) is 23.0 Å². The molecule has 3 aromatic rings. The van der Waals surface area contributed by atoms with Crippen LogP contribution in [0.2, 0.25) is 0 Å². The van der Waals surface area contributed by atoms with Gasteiger partial charge < -0.3 is 21.7 Å². The summed E-state index contributed by atoms with van der Waals surface area (Å²) in [5.74, 6) is 0.237. The lowest BCUT2D eigenvalue weighted by Crippen LogP contribution is -2.20. The van der Waals surface area contributed by atoms with E-state index in [-0.39, 0.29) is 5.91 Å². The average molecular weight is 376 g/mol. The van der Waals surface area contributed by atoms with Crippen LogP contribution in [-0.2, 0) is 0 Å². The van der Waals surface area contributed by atoms with Crippen molar-refractivity contribution >= 4 is 34.8 Å². The summed E-state index contributed by atoms with van der Waals surface area (Å²) in [5, 5.41) is 8.80. The summed E-state index contributed by atoms with van der Waals surface area (Å²) in [6.45, 7) is 1.89. The van der Waals surface area contributed by atoms with Gasteiger partial charge in [-0.25, -0.2) is 9.97 Å². The number of carbonyl (C=O) groups excluding carboxylic acids is 2. The summed E-state index contributed by atoms with van der Waals surface area (Å²) in [7, 11) is 1.53. The molecule has 2 aromatic heterocycles. The summed E-state index contributed by atoms with van der Waals surface area (Å²) >= 11 is 0. The smallest absolute Gasteiger partial charge is 0.254 e. The Morgan fingerprint density at radius 3 is 2.43 bits per heavy atom. The zero-order valence-electron chi connectivity index (χ0n) is 15.5. The van der Waals surface area contributed by atoms with Gasteiger partial charge in [-0.05, 0) is 31.2 Å². The number of pyridine rings is 2. The second-order valence-corrected chi connectivity index (χ2v) is 6.02. The quantitative estimate of drug-likeness (QED) is 0.525. The first-order valence-electron chi connectivity index (χ1n) is 8.56. The van der Waals surface area contributed by atoms with Gasteiger partial charge in [-0.15, -0.1) is 0 Å². The summed E-state index contributed by atoms with van der Waals surface area (Å²) in [6.07, 6.45) is 1.45. The monoisotopic (exact) mass is 376 g/mol. The molecule has 28 heavy (non-hydrogen) atoms. The molecule has 0 fully saturated rings. The molecule has 0 saturated carbocycles. The summed E-state index contributed by atoms with van der Waals surface area (Å²) < 4.78 is 0. The highest BCUT2D eigenvalue weighted by molar-refractivity contribution is 6.03. The van der Waals surface area contributed by atoms with E-state index in [1.165, 1.54) is 13.2 Å². The van der Waals surface area contributed by atoms with Crippen LogP contribution in [0, 0.1) is 6.92 Å². The van der Waals surface area contributed by atoms with Crippen molar-refractivity contribution in [3.8, 4) is 0 Å². The Hall–Kier alpha value is -3.94. The second kappa shape index (κ2) is 8.17. The van der Waals surface area contributed by atoms with Crippen LogP contribution in [0.25, 0.3) is 0 Å². The van der Waals surface area contributed by atoms with Crippen LogP contribution in [-0.4, -0.2) is 28.8 Å². The number of nitrogens with one attached hydrogen (secondary N) is 3. The number of aryl methyl sites for hydroxylation is 1. The van der Waals surface area contributed by atoms with Gasteiger partial charge in [0.2, 0.25) is 0 Å². The van der Waals surface area contributed by atoms with Gasteiger partial charge in [0.1, 0.15) is 11.6 Å². The van der Waals surface area contributed by atoms with Crippen LogP contribution in [0.5, 0.6) is 0 Å². The predicted molar refractivity (Wildman–Crippen MR) is 108 cm³/mol. The van der Waals surface area contributed by atoms with Gasteiger partial charge in [-0.3, -0.25) is 9.59 Å². The highest BCUT2D eigenvalue weighted by Crippen LogP contribution is 2.26. The molecule has 3 rings (SSSR count). The minimum Gasteiger partial charge on any atom is -0.366 e. The summed E-state index contributed by atoms with van der Waals surface area (Å²) in [6, 6.07) is 14.1. The molecule has 142 valence electrons. The standard InChI is InChI=1S/C20H20N6O2/c1-12-6-5-9-17(24-12)26-18-10-16(14(11-23-18)20(28)22-2)25-15-8-4-3-7-13(15)19(21)27/h3-11H,1-2H3,(H2,21,27)(H,22,28)(H2,23,24,25,26). The van der Waals surface area contributed by atoms with Gasteiger partial charge in [-0.2, -0.15) is 0 Å². The van der Waals surface area contributed by atoms with Gasteiger partial charge >= 0.3 is 0 Å². The number of aromatic nitrogens is 2. The van der Waals surface area contributed by atoms with Crippen molar-refractivity contribution in [2.24, 2.45) is 5.73 Å². The maximum absolute atomic E-state index is 12.2. The molecular formula is C20H20N6O2. The molecule has 8 nitrogen and oxygen atoms in total. The second-order valence-electron chi connectivity index (χ2n) is 6.02. The van der Waals surface area contributed by atoms with E-state index in [1.807, 2.05) is 25.1 Å². The van der Waals surface area contributed by atoms with E-state index < -0.39 is 5.91 Å². The van der Waals surface area contributed by atoms with E-state index in [9.17, 15) is 9.59 Å². The zero-order valence-corrected chi connectivity index (χ0v) is 15.5. The third kappa shape index (κ3) is 4.24. The van der Waals surface area contributed by atoms with Crippen molar-refractivity contribution in [3.63, 3.8) is 0 Å². The van der Waals surface area contributed by atoms with Crippen LogP contribution < -0.4 is 21.7 Å². The maximum Gasteiger partial charge on any atom is 0.254 e. The Kier molecular flexibility index (Phi) is 5.50. The minimum absolute atomic E-state index is 0.313. The van der Waals surface area contributed by atoms with E-state index in [0.29, 0.717) is 34.1 Å². The number of para-hydroxylation sites is 1. The molecule has 0 aliphatic heterocycles. The number of nitrogens with zero attached hydrogens (tertiary/aromatic N) is 2. The SMILES string of the molecule is CNC(=O)c1cnc(Nc2cccc(C)n2)cc1Nc1ccccc1C(N)=O. The number of benzene rings is 1. The Morgan fingerprint density at radius 1 is 0.929 bits per heavy atom. The number of anilines is 4. The van der Waals surface area contributed by atoms with Crippen LogP contribution >= 0.6 is 0 Å². The van der Waals surface area contributed by atoms with E-state index in [1.54, 1.807) is 30.3 Å². The molecule has 0 spiro atoms. The number of rotatable bonds is 6. The largest absolute Gasteiger partial charge is 0.366 e. The topological polar surface area (TPSA) is 122 Å². The Bertz CT molecular complexity index is 1030. The predicted octanol–water partition coefficient (Wildman–Crippen LogP) is 2.73. The maximum atomic E-state index is 12.2. The van der Waals surface area contributed by atoms with Crippen LogP contribution in [0.15, 0.2) is 54.7 Å². The van der Waals surface area contributed by atoms with Gasteiger partial charge in [0.05, 0.1) is 22.5 Å². The highest BCUT2D eigenvalue weighted by atomic mass is 16.2. The van der Waals surface area contributed by atoms with Crippen molar-refractivity contribution in [2.75, 3.05) is 17.7 Å². The third-order valence-corrected chi connectivity index (χ3v) is 3.98. The van der Waals surface area contributed by atoms with Crippen molar-refractivity contribution in [1.29, 1.82) is 0 Å². The van der Waals surface area contributed by atoms with Gasteiger partial charge in [-0.1, -0.05) is 18.2 Å². The van der Waals surface area contributed by atoms with Crippen LogP contribution in [0.3, 0.4) is 0 Å². The first-order valence-corrected chi connectivity index (χ1v) is 8.56. The lowest BCUT2D eigenvalue weighted by atomic mass is 10.1. The number of primary amides is 1. The summed E-state index contributed by atoms with van der Waals surface area (Å²) in [5.41, 5.74) is 7.91. The van der Waals surface area contributed by atoms with Crippen molar-refractivity contribution < 1.29 is 9.59 Å². The van der Waals surface area contributed by atoms with Gasteiger partial charge in [0.25, 0.3) is 11.8 Å². The minimum atomic E-state index is -0.569. The average Bonchev–Trinajstić information content (AvgIpc) is 2.68. The molecule has 0 bridgehead atoms. The third-order valence-electron chi connectivity index (χ3n) is 3.98. The molecule has 1 aromatic carbocycles. The van der Waals surface area contributed by atoms with Crippen LogP contribution in [0.1, 0.15) is 26.4 Å².